The molecule has 0 saturated heterocycles. The van der Waals surface area contributed by atoms with Crippen LogP contribution in [0.3, 0.4) is 0 Å². The van der Waals surface area contributed by atoms with E-state index in [1.54, 1.807) is 23.0 Å². The molecule has 1 amide bonds. The van der Waals surface area contributed by atoms with Crippen LogP contribution in [0.1, 0.15) is 41.6 Å². The number of carbonyl (C=O) groups is 1. The van der Waals surface area contributed by atoms with Crippen LogP contribution in [0.5, 0.6) is 0 Å². The van der Waals surface area contributed by atoms with Crippen LogP contribution >= 0.6 is 0 Å². The van der Waals surface area contributed by atoms with E-state index in [1.807, 2.05) is 66.7 Å². The molecule has 8 nitrogen and oxygen atoms in total. The van der Waals surface area contributed by atoms with Gasteiger partial charge in [0, 0.05) is 41.5 Å². The number of amides is 1. The molecule has 0 aliphatic carbocycles. The van der Waals surface area contributed by atoms with Crippen molar-refractivity contribution in [2.24, 2.45) is 0 Å². The number of pyridine rings is 1. The number of nitrogens with one attached hydrogen (secondary N) is 1. The van der Waals surface area contributed by atoms with Crippen LogP contribution in [-0.4, -0.2) is 30.6 Å². The molecule has 0 fully saturated rings. The smallest absolute Gasteiger partial charge is 0.273 e. The van der Waals surface area contributed by atoms with Crippen molar-refractivity contribution in [3.8, 4) is 22.4 Å². The number of nitrogens with zero attached hydrogens (tertiary/aromatic N) is 5. The van der Waals surface area contributed by atoms with E-state index in [4.69, 9.17) is 4.98 Å². The van der Waals surface area contributed by atoms with Gasteiger partial charge in [-0.05, 0) is 43.0 Å². The molecule has 0 radical (unpaired) electrons. The topological polar surface area (TPSA) is 103 Å². The van der Waals surface area contributed by atoms with E-state index in [2.05, 4.69) is 20.5 Å². The van der Waals surface area contributed by atoms with Crippen molar-refractivity contribution in [2.45, 2.75) is 31.8 Å². The van der Waals surface area contributed by atoms with E-state index in [9.17, 15) is 9.59 Å². The van der Waals surface area contributed by atoms with Crippen LogP contribution in [-0.2, 0) is 6.54 Å². The monoisotopic (exact) mass is 488 g/mol. The lowest BCUT2D eigenvalue weighted by molar-refractivity contribution is 0.0927. The number of rotatable bonds is 4. The Morgan fingerprint density at radius 2 is 1.68 bits per heavy atom. The highest BCUT2D eigenvalue weighted by Gasteiger charge is 2.27. The summed E-state index contributed by atoms with van der Waals surface area (Å²) >= 11 is 0. The van der Waals surface area contributed by atoms with Gasteiger partial charge in [-0.15, -0.1) is 10.2 Å². The first-order chi connectivity index (χ1) is 18.2. The Labute approximate surface area is 213 Å². The first-order valence-corrected chi connectivity index (χ1v) is 12.3. The number of carbonyl (C=O) groups excluding carboxylic acids is 1. The third-order valence-electron chi connectivity index (χ3n) is 6.70. The molecule has 0 spiro atoms. The van der Waals surface area contributed by atoms with E-state index in [0.29, 0.717) is 30.0 Å². The maximum Gasteiger partial charge on any atom is 0.273 e. The quantitative estimate of drug-likeness (QED) is 0.398. The molecule has 2 aromatic carbocycles. The summed E-state index contributed by atoms with van der Waals surface area (Å²) in [6.45, 7) is 0.565. The lowest BCUT2D eigenvalue weighted by atomic mass is 9.98. The van der Waals surface area contributed by atoms with E-state index < -0.39 is 6.04 Å². The molecule has 1 aliphatic heterocycles. The Balaban J connectivity index is 1.43. The third kappa shape index (κ3) is 4.38. The van der Waals surface area contributed by atoms with Gasteiger partial charge in [-0.3, -0.25) is 19.1 Å². The van der Waals surface area contributed by atoms with Gasteiger partial charge in [0.25, 0.3) is 11.5 Å². The molecule has 1 aliphatic rings. The maximum absolute atomic E-state index is 13.8. The van der Waals surface area contributed by atoms with Gasteiger partial charge in [0.1, 0.15) is 5.82 Å². The number of hydrogen-bond acceptors (Lipinski definition) is 6. The summed E-state index contributed by atoms with van der Waals surface area (Å²) in [4.78, 5) is 35.8. The Bertz CT molecular complexity index is 1650. The molecule has 0 unspecified atom stereocenters. The van der Waals surface area contributed by atoms with E-state index >= 15 is 0 Å². The van der Waals surface area contributed by atoms with Gasteiger partial charge in [-0.25, -0.2) is 4.98 Å². The standard InChI is InChI=1S/C29H24N6O2/c36-25-18-24(19-13-15-30-16-14-19)31-28-23(12-6-7-17-35(25)28)32-29(37)27-26(20-8-2-1-3-9-20)21-10-4-5-11-22(21)33-34-27/h1-5,8-11,13-16,18,23H,6-7,12,17H2,(H,32,37)/t23-/m0/s1. The minimum absolute atomic E-state index is 0.131. The van der Waals surface area contributed by atoms with Gasteiger partial charge < -0.3 is 5.32 Å². The fourth-order valence-electron chi connectivity index (χ4n) is 4.91. The first kappa shape index (κ1) is 22.7. The summed E-state index contributed by atoms with van der Waals surface area (Å²) in [5, 5.41) is 12.7. The van der Waals surface area contributed by atoms with Crippen molar-refractivity contribution in [3.63, 3.8) is 0 Å². The summed E-state index contributed by atoms with van der Waals surface area (Å²) in [5.41, 5.74) is 3.81. The Morgan fingerprint density at radius 3 is 2.51 bits per heavy atom. The normalized spacial score (nSPS) is 15.1. The average Bonchev–Trinajstić information content (AvgIpc) is 3.15. The number of hydrogen-bond donors (Lipinski definition) is 1. The average molecular weight is 489 g/mol. The van der Waals surface area contributed by atoms with Crippen LogP contribution in [0.25, 0.3) is 33.3 Å². The van der Waals surface area contributed by atoms with Crippen LogP contribution in [0, 0.1) is 0 Å². The largest absolute Gasteiger partial charge is 0.341 e. The Kier molecular flexibility index (Phi) is 5.98. The van der Waals surface area contributed by atoms with Crippen LogP contribution in [0.4, 0.5) is 0 Å². The predicted octanol–water partition coefficient (Wildman–Crippen LogP) is 4.57. The zero-order valence-electron chi connectivity index (χ0n) is 20.0. The van der Waals surface area contributed by atoms with Crippen molar-refractivity contribution < 1.29 is 4.79 Å². The van der Waals surface area contributed by atoms with E-state index in [0.717, 1.165) is 34.9 Å². The molecule has 3 aromatic heterocycles. The predicted molar refractivity (Wildman–Crippen MR) is 141 cm³/mol. The van der Waals surface area contributed by atoms with Gasteiger partial charge >= 0.3 is 0 Å². The van der Waals surface area contributed by atoms with Crippen molar-refractivity contribution in [1.82, 2.24) is 30.0 Å². The maximum atomic E-state index is 13.8. The van der Waals surface area contributed by atoms with Crippen LogP contribution in [0.15, 0.2) is 90.0 Å². The minimum atomic E-state index is -0.443. The highest BCUT2D eigenvalue weighted by molar-refractivity contribution is 6.07. The Morgan fingerprint density at radius 1 is 0.892 bits per heavy atom. The molecule has 6 rings (SSSR count). The molecule has 8 heteroatoms. The van der Waals surface area contributed by atoms with E-state index in [1.165, 1.54) is 0 Å². The first-order valence-electron chi connectivity index (χ1n) is 12.3. The molecule has 1 N–H and O–H groups in total. The fraction of sp³-hybridized carbons (Fsp3) is 0.172. The van der Waals surface area contributed by atoms with E-state index in [-0.39, 0.29) is 17.2 Å². The van der Waals surface area contributed by atoms with Crippen molar-refractivity contribution in [2.75, 3.05) is 0 Å². The van der Waals surface area contributed by atoms with Crippen molar-refractivity contribution in [3.05, 3.63) is 107 Å². The highest BCUT2D eigenvalue weighted by atomic mass is 16.2. The van der Waals surface area contributed by atoms with Crippen LogP contribution in [0.2, 0.25) is 0 Å². The molecular weight excluding hydrogens is 464 g/mol. The number of benzene rings is 2. The second-order valence-corrected chi connectivity index (χ2v) is 9.05. The van der Waals surface area contributed by atoms with Gasteiger partial charge in [0.15, 0.2) is 5.69 Å². The molecule has 5 aromatic rings. The number of aromatic nitrogens is 5. The third-order valence-corrected chi connectivity index (χ3v) is 6.70. The fourth-order valence-corrected chi connectivity index (χ4v) is 4.91. The van der Waals surface area contributed by atoms with Gasteiger partial charge in [-0.1, -0.05) is 48.5 Å². The summed E-state index contributed by atoms with van der Waals surface area (Å²) in [7, 11) is 0. The zero-order valence-corrected chi connectivity index (χ0v) is 20.0. The lowest BCUT2D eigenvalue weighted by Crippen LogP contribution is -2.34. The van der Waals surface area contributed by atoms with Crippen molar-refractivity contribution >= 4 is 16.8 Å². The molecule has 0 bridgehead atoms. The summed E-state index contributed by atoms with van der Waals surface area (Å²) in [5.74, 6) is 0.208. The van der Waals surface area contributed by atoms with Crippen molar-refractivity contribution in [1.29, 1.82) is 0 Å². The molecule has 37 heavy (non-hydrogen) atoms. The second kappa shape index (κ2) is 9.73. The SMILES string of the molecule is O=C(N[C@H]1CCCCn2c1nc(-c1ccncc1)cc2=O)c1nnc2ccccc2c1-c1ccccc1. The van der Waals surface area contributed by atoms with Gasteiger partial charge in [0.05, 0.1) is 17.3 Å². The van der Waals surface area contributed by atoms with Crippen LogP contribution < -0.4 is 10.9 Å². The molecule has 1 atom stereocenters. The summed E-state index contributed by atoms with van der Waals surface area (Å²) in [6, 6.07) is 22.1. The van der Waals surface area contributed by atoms with Gasteiger partial charge in [-0.2, -0.15) is 0 Å². The second-order valence-electron chi connectivity index (χ2n) is 9.05. The molecule has 182 valence electrons. The summed E-state index contributed by atoms with van der Waals surface area (Å²) in [6.07, 6.45) is 5.69. The zero-order chi connectivity index (χ0) is 25.2. The minimum Gasteiger partial charge on any atom is -0.341 e. The molecule has 4 heterocycles. The molecule has 0 saturated carbocycles. The Hall–Kier alpha value is -4.72. The van der Waals surface area contributed by atoms with Gasteiger partial charge in [0.2, 0.25) is 0 Å². The summed E-state index contributed by atoms with van der Waals surface area (Å²) < 4.78 is 1.67. The highest BCUT2D eigenvalue weighted by Crippen LogP contribution is 2.31. The molecular formula is C29H24N6O2. The lowest BCUT2D eigenvalue weighted by Gasteiger charge is -2.20. The number of fused-ring (bicyclic) bond motifs is 2.